The maximum absolute atomic E-state index is 12.1. The lowest BCUT2D eigenvalue weighted by molar-refractivity contribution is -0.138. The molecule has 0 saturated heterocycles. The van der Waals surface area contributed by atoms with Crippen molar-refractivity contribution in [3.63, 3.8) is 0 Å². The molecule has 2 aromatic rings. The summed E-state index contributed by atoms with van der Waals surface area (Å²) in [6.07, 6.45) is 1.47. The zero-order valence-corrected chi connectivity index (χ0v) is 18.4. The first-order valence-corrected chi connectivity index (χ1v) is 10.9. The van der Waals surface area contributed by atoms with E-state index in [9.17, 15) is 23.5 Å². The third kappa shape index (κ3) is 5.63. The van der Waals surface area contributed by atoms with Crippen molar-refractivity contribution in [3.8, 4) is 0 Å². The molecular weight excluding hydrogens is 466 g/mol. The van der Waals surface area contributed by atoms with Crippen molar-refractivity contribution in [2.24, 2.45) is 5.92 Å². The summed E-state index contributed by atoms with van der Waals surface area (Å²) in [7, 11) is -3.96. The highest BCUT2D eigenvalue weighted by Crippen LogP contribution is 2.24. The van der Waals surface area contributed by atoms with E-state index in [1.807, 2.05) is 0 Å². The van der Waals surface area contributed by atoms with Gasteiger partial charge in [0, 0.05) is 18.4 Å². The Kier molecular flexibility index (Phi) is 7.52. The number of hydroxylamine groups is 1. The Hall–Kier alpha value is -2.28. The molecular formula is C17H22BrN5O5S. The topological polar surface area (TPSA) is 145 Å². The van der Waals surface area contributed by atoms with E-state index in [-0.39, 0.29) is 27.8 Å². The Morgan fingerprint density at radius 2 is 1.90 bits per heavy atom. The molecule has 0 aliphatic carbocycles. The molecule has 0 radical (unpaired) electrons. The van der Waals surface area contributed by atoms with Gasteiger partial charge in [-0.25, -0.2) is 18.2 Å². The van der Waals surface area contributed by atoms with Crippen molar-refractivity contribution in [2.75, 3.05) is 17.2 Å². The Labute approximate surface area is 177 Å². The highest BCUT2D eigenvalue weighted by molar-refractivity contribution is 9.10. The van der Waals surface area contributed by atoms with Crippen molar-refractivity contribution in [1.82, 2.24) is 14.4 Å². The zero-order valence-electron chi connectivity index (χ0n) is 16.0. The number of carboxylic acids is 1. The van der Waals surface area contributed by atoms with Crippen LogP contribution in [0, 0.1) is 5.92 Å². The molecule has 29 heavy (non-hydrogen) atoms. The van der Waals surface area contributed by atoms with Gasteiger partial charge in [-0.1, -0.05) is 18.3 Å². The Balaban J connectivity index is 2.22. The average Bonchev–Trinajstić information content (AvgIpc) is 2.67. The summed E-state index contributed by atoms with van der Waals surface area (Å²) in [6.45, 7) is 5.00. The molecule has 2 rings (SSSR count). The second-order valence-electron chi connectivity index (χ2n) is 6.39. The molecule has 1 heterocycles. The first-order valence-electron chi connectivity index (χ1n) is 8.66. The van der Waals surface area contributed by atoms with Crippen LogP contribution in [0.25, 0.3) is 0 Å². The van der Waals surface area contributed by atoms with Gasteiger partial charge in [0.25, 0.3) is 10.0 Å². The fourth-order valence-corrected chi connectivity index (χ4v) is 3.69. The number of rotatable bonds is 9. The van der Waals surface area contributed by atoms with Crippen LogP contribution in [-0.2, 0) is 14.8 Å². The first kappa shape index (κ1) is 23.0. The summed E-state index contributed by atoms with van der Waals surface area (Å²) >= 11 is 3.29. The third-order valence-electron chi connectivity index (χ3n) is 3.93. The minimum Gasteiger partial charge on any atom is -0.480 e. The monoisotopic (exact) mass is 487 g/mol. The molecule has 158 valence electrons. The molecule has 0 fully saturated rings. The predicted octanol–water partition coefficient (Wildman–Crippen LogP) is 2.90. The lowest BCUT2D eigenvalue weighted by Gasteiger charge is -2.19. The first-order chi connectivity index (χ1) is 13.6. The van der Waals surface area contributed by atoms with Crippen molar-refractivity contribution in [2.45, 2.75) is 31.7 Å². The maximum atomic E-state index is 12.1. The fraction of sp³-hybridized carbons (Fsp3) is 0.353. The van der Waals surface area contributed by atoms with E-state index in [0.29, 0.717) is 16.0 Å². The van der Waals surface area contributed by atoms with Gasteiger partial charge in [-0.2, -0.15) is 4.98 Å². The predicted molar refractivity (Wildman–Crippen MR) is 111 cm³/mol. The quantitative estimate of drug-likeness (QED) is 0.392. The van der Waals surface area contributed by atoms with Crippen molar-refractivity contribution in [3.05, 3.63) is 34.9 Å². The van der Waals surface area contributed by atoms with Crippen LogP contribution in [-0.4, -0.2) is 51.7 Å². The Morgan fingerprint density at radius 3 is 2.41 bits per heavy atom. The molecule has 1 atom stereocenters. The van der Waals surface area contributed by atoms with Gasteiger partial charge in [0.2, 0.25) is 5.95 Å². The number of halogens is 1. The second-order valence-corrected chi connectivity index (χ2v) is 9.08. The summed E-state index contributed by atoms with van der Waals surface area (Å²) in [6, 6.07) is 4.85. The largest absolute Gasteiger partial charge is 0.480 e. The second kappa shape index (κ2) is 9.48. The molecule has 0 amide bonds. The number of nitrogens with one attached hydrogen (secondary N) is 2. The number of aliphatic carboxylic acids is 1. The van der Waals surface area contributed by atoms with Gasteiger partial charge in [-0.3, -0.25) is 5.21 Å². The SMILES string of the molecule is CCN(O)S(=O)(=O)c1ccc(Nc2ncc(Br)c(NC(C(=O)O)C(C)C)n2)cc1. The van der Waals surface area contributed by atoms with Crippen LogP contribution < -0.4 is 10.6 Å². The van der Waals surface area contributed by atoms with Gasteiger partial charge in [0.15, 0.2) is 0 Å². The molecule has 0 spiro atoms. The van der Waals surface area contributed by atoms with Gasteiger partial charge >= 0.3 is 5.97 Å². The third-order valence-corrected chi connectivity index (χ3v) is 6.19. The summed E-state index contributed by atoms with van der Waals surface area (Å²) < 4.78 is 25.0. The van der Waals surface area contributed by atoms with E-state index in [2.05, 4.69) is 36.5 Å². The molecule has 0 aliphatic rings. The molecule has 0 saturated carbocycles. The number of aromatic nitrogens is 2. The zero-order chi connectivity index (χ0) is 21.8. The van der Waals surface area contributed by atoms with Gasteiger partial charge in [0.1, 0.15) is 11.9 Å². The molecule has 1 aromatic carbocycles. The van der Waals surface area contributed by atoms with Crippen LogP contribution in [0.5, 0.6) is 0 Å². The number of hydrogen-bond acceptors (Lipinski definition) is 8. The number of carboxylic acid groups (broad SMARTS) is 1. The van der Waals surface area contributed by atoms with Gasteiger partial charge in [-0.15, -0.1) is 0 Å². The fourth-order valence-electron chi connectivity index (χ4n) is 2.32. The van der Waals surface area contributed by atoms with E-state index >= 15 is 0 Å². The summed E-state index contributed by atoms with van der Waals surface area (Å²) in [4.78, 5) is 19.7. The van der Waals surface area contributed by atoms with Gasteiger partial charge in [-0.05, 0) is 53.0 Å². The smallest absolute Gasteiger partial charge is 0.326 e. The Bertz CT molecular complexity index is 969. The molecule has 4 N–H and O–H groups in total. The molecule has 1 unspecified atom stereocenters. The van der Waals surface area contributed by atoms with Crippen LogP contribution in [0.3, 0.4) is 0 Å². The normalized spacial score (nSPS) is 12.8. The lowest BCUT2D eigenvalue weighted by atomic mass is 10.1. The van der Waals surface area contributed by atoms with Gasteiger partial charge in [0.05, 0.1) is 9.37 Å². The summed E-state index contributed by atoms with van der Waals surface area (Å²) in [5, 5.41) is 24.6. The van der Waals surface area contributed by atoms with Gasteiger partial charge < -0.3 is 15.7 Å². The minimum atomic E-state index is -3.96. The van der Waals surface area contributed by atoms with Crippen LogP contribution >= 0.6 is 15.9 Å². The molecule has 10 nitrogen and oxygen atoms in total. The number of carbonyl (C=O) groups is 1. The highest BCUT2D eigenvalue weighted by Gasteiger charge is 2.23. The van der Waals surface area contributed by atoms with E-state index in [1.165, 1.54) is 37.4 Å². The highest BCUT2D eigenvalue weighted by atomic mass is 79.9. The Morgan fingerprint density at radius 1 is 1.28 bits per heavy atom. The summed E-state index contributed by atoms with van der Waals surface area (Å²) in [5.74, 6) is -0.672. The van der Waals surface area contributed by atoms with E-state index < -0.39 is 22.0 Å². The van der Waals surface area contributed by atoms with Crippen LogP contribution in [0.15, 0.2) is 39.8 Å². The van der Waals surface area contributed by atoms with E-state index in [0.717, 1.165) is 0 Å². The number of nitrogens with zero attached hydrogens (tertiary/aromatic N) is 3. The number of anilines is 3. The molecule has 1 aromatic heterocycles. The molecule has 12 heteroatoms. The van der Waals surface area contributed by atoms with Crippen LogP contribution in [0.2, 0.25) is 0 Å². The molecule has 0 aliphatic heterocycles. The van der Waals surface area contributed by atoms with Crippen LogP contribution in [0.4, 0.5) is 17.5 Å². The van der Waals surface area contributed by atoms with Crippen molar-refractivity contribution in [1.29, 1.82) is 0 Å². The number of sulfonamides is 1. The lowest BCUT2D eigenvalue weighted by Crippen LogP contribution is -2.34. The summed E-state index contributed by atoms with van der Waals surface area (Å²) in [5.41, 5.74) is 0.511. The maximum Gasteiger partial charge on any atom is 0.326 e. The van der Waals surface area contributed by atoms with Crippen LogP contribution in [0.1, 0.15) is 20.8 Å². The standard InChI is InChI=1S/C17H22BrN5O5S/c1-4-23(26)29(27,28)12-7-5-11(6-8-12)20-17-19-9-13(18)15(22-17)21-14(10(2)3)16(24)25/h5-10,14,26H,4H2,1-3H3,(H,24,25)(H2,19,20,21,22). The average molecular weight is 488 g/mol. The number of benzene rings is 1. The van der Waals surface area contributed by atoms with E-state index in [4.69, 9.17) is 0 Å². The molecule has 0 bridgehead atoms. The minimum absolute atomic E-state index is 0.0623. The van der Waals surface area contributed by atoms with Crippen molar-refractivity contribution >= 4 is 49.4 Å². The van der Waals surface area contributed by atoms with Crippen molar-refractivity contribution < 1.29 is 23.5 Å². The number of hydrogen-bond donors (Lipinski definition) is 4. The van der Waals surface area contributed by atoms with E-state index in [1.54, 1.807) is 13.8 Å².